The lowest BCUT2D eigenvalue weighted by Crippen LogP contribution is -2.31. The lowest BCUT2D eigenvalue weighted by Gasteiger charge is -2.32. The molecule has 1 aliphatic rings. The topological polar surface area (TPSA) is 47.0 Å². The molecular formula is C15H25N3O. The summed E-state index contributed by atoms with van der Waals surface area (Å²) in [6, 6.07) is 2.36. The van der Waals surface area contributed by atoms with E-state index in [9.17, 15) is 0 Å². The molecule has 1 N–H and O–H groups in total. The zero-order valence-electron chi connectivity index (χ0n) is 12.4. The van der Waals surface area contributed by atoms with Gasteiger partial charge in [0.25, 0.3) is 0 Å². The number of nitrogens with one attached hydrogen (secondary N) is 1. The van der Waals surface area contributed by atoms with Gasteiger partial charge in [-0.05, 0) is 44.9 Å². The van der Waals surface area contributed by atoms with Crippen LogP contribution >= 0.6 is 0 Å². The van der Waals surface area contributed by atoms with Crippen LogP contribution in [0, 0.1) is 18.8 Å². The van der Waals surface area contributed by atoms with Crippen LogP contribution in [0.5, 0.6) is 5.88 Å². The van der Waals surface area contributed by atoms with Gasteiger partial charge in [-0.15, -0.1) is 0 Å². The SMILES string of the molecule is CCOc1cc(C)nc(NC2CC(C)CC(C)C2)n1. The van der Waals surface area contributed by atoms with Gasteiger partial charge >= 0.3 is 0 Å². The minimum Gasteiger partial charge on any atom is -0.478 e. The van der Waals surface area contributed by atoms with Gasteiger partial charge in [-0.1, -0.05) is 13.8 Å². The first-order chi connectivity index (χ1) is 9.06. The molecule has 1 aromatic heterocycles. The third-order valence-corrected chi connectivity index (χ3v) is 3.63. The Hall–Kier alpha value is -1.32. The van der Waals surface area contributed by atoms with E-state index in [4.69, 9.17) is 4.74 Å². The summed E-state index contributed by atoms with van der Waals surface area (Å²) in [6.07, 6.45) is 3.73. The van der Waals surface area contributed by atoms with Crippen LogP contribution in [-0.2, 0) is 0 Å². The second kappa shape index (κ2) is 6.22. The van der Waals surface area contributed by atoms with E-state index in [1.807, 2.05) is 19.9 Å². The van der Waals surface area contributed by atoms with Crippen molar-refractivity contribution in [1.29, 1.82) is 0 Å². The zero-order valence-corrected chi connectivity index (χ0v) is 12.4. The van der Waals surface area contributed by atoms with Crippen molar-refractivity contribution >= 4 is 5.95 Å². The highest BCUT2D eigenvalue weighted by atomic mass is 16.5. The van der Waals surface area contributed by atoms with Crippen LogP contribution in [0.1, 0.15) is 45.7 Å². The third kappa shape index (κ3) is 4.08. The van der Waals surface area contributed by atoms with Crippen molar-refractivity contribution in [1.82, 2.24) is 9.97 Å². The standard InChI is InChI=1S/C15H25N3O/c1-5-19-14-9-12(4)16-15(18-14)17-13-7-10(2)6-11(3)8-13/h9-11,13H,5-8H2,1-4H3,(H,16,17,18). The average Bonchev–Trinajstić information content (AvgIpc) is 2.26. The molecule has 1 heterocycles. The van der Waals surface area contributed by atoms with E-state index in [1.54, 1.807) is 0 Å². The van der Waals surface area contributed by atoms with Gasteiger partial charge in [0.05, 0.1) is 6.61 Å². The molecule has 0 radical (unpaired) electrons. The number of ether oxygens (including phenoxy) is 1. The summed E-state index contributed by atoms with van der Waals surface area (Å²) >= 11 is 0. The minimum atomic E-state index is 0.482. The smallest absolute Gasteiger partial charge is 0.226 e. The molecule has 1 saturated carbocycles. The Kier molecular flexibility index (Phi) is 4.61. The van der Waals surface area contributed by atoms with Crippen molar-refractivity contribution in [3.8, 4) is 5.88 Å². The molecule has 0 saturated heterocycles. The minimum absolute atomic E-state index is 0.482. The van der Waals surface area contributed by atoms with Crippen LogP contribution < -0.4 is 10.1 Å². The number of hydrogen-bond acceptors (Lipinski definition) is 4. The highest BCUT2D eigenvalue weighted by Gasteiger charge is 2.24. The van der Waals surface area contributed by atoms with Crippen LogP contribution in [0.4, 0.5) is 5.95 Å². The summed E-state index contributed by atoms with van der Waals surface area (Å²) < 4.78 is 5.47. The molecule has 19 heavy (non-hydrogen) atoms. The summed E-state index contributed by atoms with van der Waals surface area (Å²) in [5.41, 5.74) is 0.942. The Morgan fingerprint density at radius 2 is 1.89 bits per heavy atom. The zero-order chi connectivity index (χ0) is 13.8. The van der Waals surface area contributed by atoms with Gasteiger partial charge in [-0.3, -0.25) is 0 Å². The molecule has 4 heteroatoms. The number of aryl methyl sites for hydroxylation is 1. The maximum Gasteiger partial charge on any atom is 0.226 e. The Balaban J connectivity index is 2.05. The highest BCUT2D eigenvalue weighted by Crippen LogP contribution is 2.30. The first-order valence-corrected chi connectivity index (χ1v) is 7.31. The molecule has 1 aliphatic carbocycles. The molecule has 0 spiro atoms. The summed E-state index contributed by atoms with van der Waals surface area (Å²) in [7, 11) is 0. The molecule has 0 bridgehead atoms. The van der Waals surface area contributed by atoms with Gasteiger partial charge < -0.3 is 10.1 Å². The van der Waals surface area contributed by atoms with Crippen molar-refractivity contribution < 1.29 is 4.74 Å². The monoisotopic (exact) mass is 263 g/mol. The number of rotatable bonds is 4. The Morgan fingerprint density at radius 1 is 1.21 bits per heavy atom. The van der Waals surface area contributed by atoms with Gasteiger partial charge in [0.1, 0.15) is 0 Å². The van der Waals surface area contributed by atoms with Crippen LogP contribution in [0.2, 0.25) is 0 Å². The summed E-state index contributed by atoms with van der Waals surface area (Å²) in [5.74, 6) is 2.92. The summed E-state index contributed by atoms with van der Waals surface area (Å²) in [5, 5.41) is 3.48. The number of nitrogens with zero attached hydrogens (tertiary/aromatic N) is 2. The number of hydrogen-bond donors (Lipinski definition) is 1. The molecule has 1 fully saturated rings. The van der Waals surface area contributed by atoms with Crippen molar-refractivity contribution in [2.75, 3.05) is 11.9 Å². The maximum atomic E-state index is 5.47. The van der Waals surface area contributed by atoms with E-state index in [2.05, 4.69) is 29.1 Å². The Bertz CT molecular complexity index is 412. The van der Waals surface area contributed by atoms with E-state index in [1.165, 1.54) is 19.3 Å². The van der Waals surface area contributed by atoms with Crippen LogP contribution in [0.15, 0.2) is 6.07 Å². The second-order valence-electron chi connectivity index (χ2n) is 5.86. The molecule has 0 amide bonds. The molecule has 106 valence electrons. The van der Waals surface area contributed by atoms with E-state index in [0.717, 1.165) is 17.5 Å². The molecule has 2 rings (SSSR count). The quantitative estimate of drug-likeness (QED) is 0.904. The van der Waals surface area contributed by atoms with Gasteiger partial charge in [-0.2, -0.15) is 4.98 Å². The van der Waals surface area contributed by atoms with Gasteiger partial charge in [-0.25, -0.2) is 4.98 Å². The van der Waals surface area contributed by atoms with Gasteiger partial charge in [0.2, 0.25) is 11.8 Å². The fourth-order valence-electron chi connectivity index (χ4n) is 3.07. The lowest BCUT2D eigenvalue weighted by atomic mass is 9.80. The van der Waals surface area contributed by atoms with Crippen molar-refractivity contribution in [2.45, 2.75) is 53.0 Å². The van der Waals surface area contributed by atoms with Crippen molar-refractivity contribution in [3.63, 3.8) is 0 Å². The lowest BCUT2D eigenvalue weighted by molar-refractivity contribution is 0.279. The molecule has 0 aromatic carbocycles. The first kappa shape index (κ1) is 14.1. The van der Waals surface area contributed by atoms with E-state index in [-0.39, 0.29) is 0 Å². The van der Waals surface area contributed by atoms with Gasteiger partial charge in [0.15, 0.2) is 0 Å². The molecular weight excluding hydrogens is 238 g/mol. The normalized spacial score (nSPS) is 27.1. The fourth-order valence-corrected chi connectivity index (χ4v) is 3.07. The third-order valence-electron chi connectivity index (χ3n) is 3.63. The first-order valence-electron chi connectivity index (χ1n) is 7.31. The molecule has 0 aliphatic heterocycles. The largest absolute Gasteiger partial charge is 0.478 e. The maximum absolute atomic E-state index is 5.47. The highest BCUT2D eigenvalue weighted by molar-refractivity contribution is 5.32. The van der Waals surface area contributed by atoms with Crippen LogP contribution in [0.25, 0.3) is 0 Å². The van der Waals surface area contributed by atoms with Crippen LogP contribution in [-0.4, -0.2) is 22.6 Å². The van der Waals surface area contributed by atoms with Crippen molar-refractivity contribution in [3.05, 3.63) is 11.8 Å². The van der Waals surface area contributed by atoms with Crippen molar-refractivity contribution in [2.24, 2.45) is 11.8 Å². The predicted molar refractivity (Wildman–Crippen MR) is 77.5 cm³/mol. The van der Waals surface area contributed by atoms with Gasteiger partial charge in [0, 0.05) is 17.8 Å². The van der Waals surface area contributed by atoms with E-state index < -0.39 is 0 Å². The summed E-state index contributed by atoms with van der Waals surface area (Å²) in [4.78, 5) is 8.88. The predicted octanol–water partition coefficient (Wildman–Crippen LogP) is 3.42. The fraction of sp³-hybridized carbons (Fsp3) is 0.733. The number of anilines is 1. The molecule has 2 unspecified atom stereocenters. The Morgan fingerprint density at radius 3 is 2.53 bits per heavy atom. The second-order valence-corrected chi connectivity index (χ2v) is 5.86. The Labute approximate surface area is 116 Å². The van der Waals surface area contributed by atoms with E-state index >= 15 is 0 Å². The van der Waals surface area contributed by atoms with Crippen LogP contribution in [0.3, 0.4) is 0 Å². The van der Waals surface area contributed by atoms with E-state index in [0.29, 0.717) is 24.5 Å². The molecule has 1 aromatic rings. The summed E-state index contributed by atoms with van der Waals surface area (Å²) in [6.45, 7) is 9.23. The number of aromatic nitrogens is 2. The average molecular weight is 263 g/mol. The molecule has 4 nitrogen and oxygen atoms in total. The molecule has 2 atom stereocenters.